The third-order valence-electron chi connectivity index (χ3n) is 2.04. The molecule has 1 rings (SSSR count). The first-order valence-electron chi connectivity index (χ1n) is 4.78. The lowest BCUT2D eigenvalue weighted by Crippen LogP contribution is -2.41. The van der Waals surface area contributed by atoms with Crippen molar-refractivity contribution in [3.63, 3.8) is 0 Å². The summed E-state index contributed by atoms with van der Waals surface area (Å²) in [6.07, 6.45) is -0.544. The zero-order valence-electron chi connectivity index (χ0n) is 9.40. The summed E-state index contributed by atoms with van der Waals surface area (Å²) in [6.45, 7) is 4.86. The number of carbonyl (C=O) groups is 1. The molecule has 7 heteroatoms. The lowest BCUT2D eigenvalue weighted by Gasteiger charge is -2.20. The first-order valence-corrected chi connectivity index (χ1v) is 6.27. The molecule has 0 saturated heterocycles. The molecule has 0 unspecified atom stereocenters. The Kier molecular flexibility index (Phi) is 2.90. The van der Waals surface area contributed by atoms with Gasteiger partial charge in [0.15, 0.2) is 4.75 Å². The van der Waals surface area contributed by atoms with E-state index in [2.05, 4.69) is 0 Å². The van der Waals surface area contributed by atoms with Crippen molar-refractivity contribution in [3.8, 4) is 6.07 Å². The number of nitrogens with zero attached hydrogens (tertiary/aromatic N) is 1. The Morgan fingerprint density at radius 1 is 1.44 bits per heavy atom. The highest BCUT2D eigenvalue weighted by Gasteiger charge is 2.56. The number of nitriles is 1. The van der Waals surface area contributed by atoms with E-state index in [0.29, 0.717) is 0 Å². The maximum absolute atomic E-state index is 11.6. The van der Waals surface area contributed by atoms with Crippen LogP contribution in [0.1, 0.15) is 33.6 Å². The number of nitrogens with one attached hydrogen (secondary N) is 1. The van der Waals surface area contributed by atoms with Crippen molar-refractivity contribution in [3.05, 3.63) is 0 Å². The highest BCUT2D eigenvalue weighted by Crippen LogP contribution is 2.42. The van der Waals surface area contributed by atoms with E-state index < -0.39 is 26.5 Å². The summed E-state index contributed by atoms with van der Waals surface area (Å²) in [5, 5.41) is 8.72. The van der Waals surface area contributed by atoms with Gasteiger partial charge in [-0.3, -0.25) is 0 Å². The van der Waals surface area contributed by atoms with Crippen LogP contribution in [0.2, 0.25) is 0 Å². The van der Waals surface area contributed by atoms with Crippen LogP contribution in [0.15, 0.2) is 0 Å². The molecular weight excluding hydrogens is 232 g/mol. The van der Waals surface area contributed by atoms with Crippen LogP contribution in [0.3, 0.4) is 0 Å². The van der Waals surface area contributed by atoms with Gasteiger partial charge >= 0.3 is 6.09 Å². The summed E-state index contributed by atoms with van der Waals surface area (Å²) in [4.78, 5) is 11.2. The van der Waals surface area contributed by atoms with Gasteiger partial charge in [0.05, 0.1) is 6.07 Å². The maximum atomic E-state index is 11.6. The van der Waals surface area contributed by atoms with Crippen LogP contribution in [0.25, 0.3) is 0 Å². The lowest BCUT2D eigenvalue weighted by atomic mass is 10.2. The van der Waals surface area contributed by atoms with Crippen molar-refractivity contribution in [2.75, 3.05) is 0 Å². The second-order valence-electron chi connectivity index (χ2n) is 4.71. The van der Waals surface area contributed by atoms with E-state index in [0.717, 1.165) is 0 Å². The van der Waals surface area contributed by atoms with E-state index in [1.807, 2.05) is 0 Å². The standard InChI is InChI=1S/C9H14N2O4S/c1-8(2,3)15-7(12)11-16(13,14)9(6-10)4-5-9/h4-5H2,1-3H3,(H,11,12). The predicted octanol–water partition coefficient (Wildman–Crippen LogP) is 0.897. The van der Waals surface area contributed by atoms with Gasteiger partial charge in [-0.2, -0.15) is 5.26 Å². The minimum atomic E-state index is -3.96. The maximum Gasteiger partial charge on any atom is 0.421 e. The average molecular weight is 246 g/mol. The minimum Gasteiger partial charge on any atom is -0.443 e. The lowest BCUT2D eigenvalue weighted by molar-refractivity contribution is 0.0570. The molecule has 16 heavy (non-hydrogen) atoms. The molecule has 1 aliphatic rings. The monoisotopic (exact) mass is 246 g/mol. The van der Waals surface area contributed by atoms with E-state index in [4.69, 9.17) is 10.00 Å². The molecular formula is C9H14N2O4S. The second-order valence-corrected chi connectivity index (χ2v) is 6.71. The molecule has 0 aromatic heterocycles. The summed E-state index contributed by atoms with van der Waals surface area (Å²) in [5.41, 5.74) is -0.775. The highest BCUT2D eigenvalue weighted by atomic mass is 32.2. The SMILES string of the molecule is CC(C)(C)OC(=O)NS(=O)(=O)C1(C#N)CC1. The van der Waals surface area contributed by atoms with Crippen molar-refractivity contribution < 1.29 is 17.9 Å². The smallest absolute Gasteiger partial charge is 0.421 e. The molecule has 0 radical (unpaired) electrons. The first kappa shape index (κ1) is 12.8. The van der Waals surface area contributed by atoms with E-state index in [-0.39, 0.29) is 12.8 Å². The Hall–Kier alpha value is -1.29. The third-order valence-corrected chi connectivity index (χ3v) is 4.00. The van der Waals surface area contributed by atoms with Crippen molar-refractivity contribution in [1.82, 2.24) is 4.72 Å². The normalized spacial score (nSPS) is 18.4. The van der Waals surface area contributed by atoms with Gasteiger partial charge in [0.25, 0.3) is 10.0 Å². The van der Waals surface area contributed by atoms with Crippen LogP contribution >= 0.6 is 0 Å². The summed E-state index contributed by atoms with van der Waals surface area (Å²) >= 11 is 0. The van der Waals surface area contributed by atoms with Gasteiger partial charge in [0, 0.05) is 0 Å². The Morgan fingerprint density at radius 3 is 2.25 bits per heavy atom. The molecule has 0 heterocycles. The largest absolute Gasteiger partial charge is 0.443 e. The van der Waals surface area contributed by atoms with E-state index in [9.17, 15) is 13.2 Å². The number of ether oxygens (including phenoxy) is 1. The van der Waals surface area contributed by atoms with Crippen molar-refractivity contribution in [2.24, 2.45) is 0 Å². The van der Waals surface area contributed by atoms with Gasteiger partial charge in [-0.25, -0.2) is 17.9 Å². The number of rotatable bonds is 2. The number of amides is 1. The fourth-order valence-corrected chi connectivity index (χ4v) is 2.28. The Bertz CT molecular complexity index is 437. The van der Waals surface area contributed by atoms with Gasteiger partial charge in [-0.1, -0.05) is 0 Å². The molecule has 0 aromatic carbocycles. The number of hydrogen-bond acceptors (Lipinski definition) is 5. The molecule has 1 fully saturated rings. The quantitative estimate of drug-likeness (QED) is 0.780. The number of hydrogen-bond donors (Lipinski definition) is 1. The molecule has 6 nitrogen and oxygen atoms in total. The molecule has 1 amide bonds. The van der Waals surface area contributed by atoms with Gasteiger partial charge in [0.2, 0.25) is 0 Å². The van der Waals surface area contributed by atoms with E-state index in [1.165, 1.54) is 0 Å². The fraction of sp³-hybridized carbons (Fsp3) is 0.778. The van der Waals surface area contributed by atoms with Crippen LogP contribution in [-0.2, 0) is 14.8 Å². The van der Waals surface area contributed by atoms with Crippen molar-refractivity contribution in [1.29, 1.82) is 5.26 Å². The molecule has 90 valence electrons. The summed E-state index contributed by atoms with van der Waals surface area (Å²) in [7, 11) is -3.96. The van der Waals surface area contributed by atoms with Gasteiger partial charge in [-0.05, 0) is 33.6 Å². The second kappa shape index (κ2) is 3.63. The van der Waals surface area contributed by atoms with Crippen LogP contribution in [-0.4, -0.2) is 24.9 Å². The third kappa shape index (κ3) is 2.64. The van der Waals surface area contributed by atoms with Crippen molar-refractivity contribution >= 4 is 16.1 Å². The molecule has 1 saturated carbocycles. The molecule has 1 N–H and O–H groups in total. The Morgan fingerprint density at radius 2 is 1.94 bits per heavy atom. The zero-order valence-corrected chi connectivity index (χ0v) is 10.2. The Balaban J connectivity index is 2.69. The molecule has 0 atom stereocenters. The summed E-state index contributed by atoms with van der Waals surface area (Å²) in [5.74, 6) is 0. The van der Waals surface area contributed by atoms with Gasteiger partial charge in [-0.15, -0.1) is 0 Å². The zero-order chi connectivity index (χ0) is 12.6. The fourth-order valence-electron chi connectivity index (χ4n) is 1.06. The molecule has 0 aliphatic heterocycles. The van der Waals surface area contributed by atoms with E-state index in [1.54, 1.807) is 31.6 Å². The topological polar surface area (TPSA) is 96.3 Å². The summed E-state index contributed by atoms with van der Waals surface area (Å²) < 4.78 is 28.3. The number of sulfonamides is 1. The van der Waals surface area contributed by atoms with Crippen LogP contribution in [0.5, 0.6) is 0 Å². The van der Waals surface area contributed by atoms with Gasteiger partial charge < -0.3 is 4.74 Å². The van der Waals surface area contributed by atoms with Crippen molar-refractivity contribution in [2.45, 2.75) is 44.0 Å². The molecule has 1 aliphatic carbocycles. The summed E-state index contributed by atoms with van der Waals surface area (Å²) in [6, 6.07) is 1.70. The Labute approximate surface area is 94.6 Å². The molecule has 0 bridgehead atoms. The van der Waals surface area contributed by atoms with E-state index >= 15 is 0 Å². The predicted molar refractivity (Wildman–Crippen MR) is 55.9 cm³/mol. The minimum absolute atomic E-state index is 0.252. The molecule has 0 aromatic rings. The average Bonchev–Trinajstić information content (AvgIpc) is 2.78. The first-order chi connectivity index (χ1) is 7.12. The molecule has 0 spiro atoms. The van der Waals surface area contributed by atoms with Crippen LogP contribution < -0.4 is 4.72 Å². The van der Waals surface area contributed by atoms with Crippen LogP contribution in [0, 0.1) is 11.3 Å². The highest BCUT2D eigenvalue weighted by molar-refractivity contribution is 7.92. The van der Waals surface area contributed by atoms with Crippen LogP contribution in [0.4, 0.5) is 4.79 Å². The van der Waals surface area contributed by atoms with Gasteiger partial charge in [0.1, 0.15) is 5.60 Å². The number of carbonyl (C=O) groups excluding carboxylic acids is 1.